The first-order valence-electron chi connectivity index (χ1n) is 7.62. The zero-order valence-corrected chi connectivity index (χ0v) is 15.3. The number of rotatable bonds is 5. The van der Waals surface area contributed by atoms with Crippen molar-refractivity contribution in [2.45, 2.75) is 18.7 Å². The van der Waals surface area contributed by atoms with Crippen LogP contribution in [-0.4, -0.2) is 33.2 Å². The molecule has 0 saturated heterocycles. The number of esters is 1. The van der Waals surface area contributed by atoms with Crippen molar-refractivity contribution in [2.24, 2.45) is 0 Å². The van der Waals surface area contributed by atoms with Crippen molar-refractivity contribution in [3.8, 4) is 0 Å². The highest BCUT2D eigenvalue weighted by Gasteiger charge is 2.17. The molecule has 0 spiro atoms. The van der Waals surface area contributed by atoms with E-state index in [0.717, 1.165) is 6.26 Å². The number of carbonyl (C=O) groups is 2. The molecule has 0 aliphatic rings. The Balaban J connectivity index is 2.05. The molecule has 8 heteroatoms. The minimum atomic E-state index is -3.48. The molecule has 1 amide bonds. The Kier molecular flexibility index (Phi) is 5.76. The van der Waals surface area contributed by atoms with Crippen molar-refractivity contribution in [1.29, 1.82) is 0 Å². The molecule has 6 nitrogen and oxygen atoms in total. The van der Waals surface area contributed by atoms with E-state index in [1.807, 2.05) is 0 Å². The number of anilines is 1. The molecule has 0 bridgehead atoms. The van der Waals surface area contributed by atoms with Crippen LogP contribution in [0.15, 0.2) is 41.3 Å². The largest absolute Gasteiger partial charge is 0.452 e. The summed E-state index contributed by atoms with van der Waals surface area (Å²) in [6, 6.07) is 8.37. The summed E-state index contributed by atoms with van der Waals surface area (Å²) in [6.07, 6.45) is 1.02. The lowest BCUT2D eigenvalue weighted by molar-refractivity contribution is -0.119. The van der Waals surface area contributed by atoms with Gasteiger partial charge in [0.2, 0.25) is 0 Å². The molecular weight excluding hydrogens is 361 g/mol. The molecule has 0 radical (unpaired) electrons. The van der Waals surface area contributed by atoms with Gasteiger partial charge in [0.1, 0.15) is 5.82 Å². The van der Waals surface area contributed by atoms with Crippen molar-refractivity contribution < 1.29 is 27.1 Å². The van der Waals surface area contributed by atoms with Crippen LogP contribution in [0, 0.1) is 19.7 Å². The van der Waals surface area contributed by atoms with E-state index in [1.54, 1.807) is 19.9 Å². The van der Waals surface area contributed by atoms with Gasteiger partial charge in [0.15, 0.2) is 16.4 Å². The van der Waals surface area contributed by atoms with E-state index in [9.17, 15) is 22.4 Å². The van der Waals surface area contributed by atoms with Crippen LogP contribution in [0.25, 0.3) is 0 Å². The van der Waals surface area contributed by atoms with Gasteiger partial charge in [0, 0.05) is 6.26 Å². The van der Waals surface area contributed by atoms with Crippen LogP contribution in [0.3, 0.4) is 0 Å². The first-order chi connectivity index (χ1) is 12.1. The van der Waals surface area contributed by atoms with Gasteiger partial charge < -0.3 is 10.1 Å². The SMILES string of the molecule is Cc1ccc(NC(=O)COC(=O)c2cc(S(C)(=O)=O)ccc2C)c(F)c1. The van der Waals surface area contributed by atoms with E-state index in [2.05, 4.69) is 5.32 Å². The maximum atomic E-state index is 13.7. The van der Waals surface area contributed by atoms with Gasteiger partial charge in [-0.2, -0.15) is 0 Å². The van der Waals surface area contributed by atoms with Gasteiger partial charge in [-0.05, 0) is 49.2 Å². The van der Waals surface area contributed by atoms with Crippen LogP contribution < -0.4 is 5.32 Å². The second-order valence-corrected chi connectivity index (χ2v) is 7.87. The van der Waals surface area contributed by atoms with Crippen molar-refractivity contribution in [3.05, 3.63) is 58.9 Å². The number of hydrogen-bond acceptors (Lipinski definition) is 5. The minimum absolute atomic E-state index is 0.0214. The van der Waals surface area contributed by atoms with Gasteiger partial charge in [-0.15, -0.1) is 0 Å². The molecule has 1 N–H and O–H groups in total. The molecule has 0 heterocycles. The standard InChI is InChI=1S/C18H18FNO5S/c1-11-4-7-16(15(19)8-11)20-17(21)10-25-18(22)14-9-13(26(3,23)24)6-5-12(14)2/h4-9H,10H2,1-3H3,(H,20,21). The lowest BCUT2D eigenvalue weighted by Gasteiger charge is -2.10. The van der Waals surface area contributed by atoms with E-state index in [0.29, 0.717) is 11.1 Å². The number of halogens is 1. The monoisotopic (exact) mass is 379 g/mol. The molecule has 0 saturated carbocycles. The number of hydrogen-bond donors (Lipinski definition) is 1. The van der Waals surface area contributed by atoms with Crippen LogP contribution in [0.4, 0.5) is 10.1 Å². The minimum Gasteiger partial charge on any atom is -0.452 e. The first kappa shape index (κ1) is 19.6. The van der Waals surface area contributed by atoms with E-state index in [-0.39, 0.29) is 16.1 Å². The normalized spacial score (nSPS) is 11.1. The average Bonchev–Trinajstić information content (AvgIpc) is 2.54. The lowest BCUT2D eigenvalue weighted by Crippen LogP contribution is -2.22. The summed E-state index contributed by atoms with van der Waals surface area (Å²) in [5.74, 6) is -2.15. The van der Waals surface area contributed by atoms with Crippen molar-refractivity contribution in [3.63, 3.8) is 0 Å². The highest BCUT2D eigenvalue weighted by atomic mass is 32.2. The second kappa shape index (κ2) is 7.65. The summed E-state index contributed by atoms with van der Waals surface area (Å²) in [4.78, 5) is 24.0. The topological polar surface area (TPSA) is 89.5 Å². The highest BCUT2D eigenvalue weighted by molar-refractivity contribution is 7.90. The molecule has 2 aromatic carbocycles. The van der Waals surface area contributed by atoms with Gasteiger partial charge in [-0.1, -0.05) is 12.1 Å². The number of aryl methyl sites for hydroxylation is 2. The number of nitrogens with one attached hydrogen (secondary N) is 1. The summed E-state index contributed by atoms with van der Waals surface area (Å²) in [5.41, 5.74) is 1.23. The predicted octanol–water partition coefficient (Wildman–Crippen LogP) is 2.64. The van der Waals surface area contributed by atoms with E-state index in [1.165, 1.54) is 30.3 Å². The number of carbonyl (C=O) groups excluding carboxylic acids is 2. The molecule has 2 rings (SSSR count). The first-order valence-corrected chi connectivity index (χ1v) is 9.51. The van der Waals surface area contributed by atoms with Crippen LogP contribution in [0.5, 0.6) is 0 Å². The van der Waals surface area contributed by atoms with E-state index >= 15 is 0 Å². The summed E-state index contributed by atoms with van der Waals surface area (Å²) < 4.78 is 41.8. The number of sulfone groups is 1. The van der Waals surface area contributed by atoms with Crippen molar-refractivity contribution in [2.75, 3.05) is 18.2 Å². The summed E-state index contributed by atoms with van der Waals surface area (Å²) in [6.45, 7) is 2.70. The van der Waals surface area contributed by atoms with Crippen LogP contribution in [0.2, 0.25) is 0 Å². The third kappa shape index (κ3) is 4.89. The Morgan fingerprint density at radius 2 is 1.81 bits per heavy atom. The maximum absolute atomic E-state index is 13.7. The van der Waals surface area contributed by atoms with Gasteiger partial charge in [-0.3, -0.25) is 4.79 Å². The Morgan fingerprint density at radius 3 is 2.42 bits per heavy atom. The zero-order valence-electron chi connectivity index (χ0n) is 14.5. The Labute approximate surface area is 150 Å². The fraction of sp³-hybridized carbons (Fsp3) is 0.222. The van der Waals surface area contributed by atoms with E-state index < -0.39 is 34.1 Å². The van der Waals surface area contributed by atoms with Crippen LogP contribution in [0.1, 0.15) is 21.5 Å². The Morgan fingerprint density at radius 1 is 1.12 bits per heavy atom. The fourth-order valence-corrected chi connectivity index (χ4v) is 2.82. The molecule has 2 aromatic rings. The predicted molar refractivity (Wildman–Crippen MR) is 94.3 cm³/mol. The van der Waals surface area contributed by atoms with Crippen LogP contribution in [-0.2, 0) is 19.4 Å². The summed E-state index contributed by atoms with van der Waals surface area (Å²) in [7, 11) is -3.48. The fourth-order valence-electron chi connectivity index (χ4n) is 2.17. The van der Waals surface area contributed by atoms with Gasteiger partial charge in [-0.25, -0.2) is 17.6 Å². The second-order valence-electron chi connectivity index (χ2n) is 5.86. The molecule has 0 aliphatic carbocycles. The molecule has 0 aliphatic heterocycles. The molecule has 0 atom stereocenters. The van der Waals surface area contributed by atoms with Gasteiger partial charge >= 0.3 is 5.97 Å². The summed E-state index contributed by atoms with van der Waals surface area (Å²) in [5, 5.41) is 2.31. The average molecular weight is 379 g/mol. The smallest absolute Gasteiger partial charge is 0.338 e. The molecule has 138 valence electrons. The molecule has 0 aromatic heterocycles. The highest BCUT2D eigenvalue weighted by Crippen LogP contribution is 2.17. The van der Waals surface area contributed by atoms with E-state index in [4.69, 9.17) is 4.74 Å². The molecule has 26 heavy (non-hydrogen) atoms. The van der Waals surface area contributed by atoms with Crippen molar-refractivity contribution >= 4 is 27.4 Å². The molecule has 0 unspecified atom stereocenters. The quantitative estimate of drug-likeness (QED) is 0.807. The molecule has 0 fully saturated rings. The van der Waals surface area contributed by atoms with Crippen molar-refractivity contribution in [1.82, 2.24) is 0 Å². The Bertz CT molecular complexity index is 970. The zero-order chi connectivity index (χ0) is 19.5. The van der Waals surface area contributed by atoms with Gasteiger partial charge in [0.25, 0.3) is 5.91 Å². The number of benzene rings is 2. The third-order valence-electron chi connectivity index (χ3n) is 3.59. The maximum Gasteiger partial charge on any atom is 0.338 e. The van der Waals surface area contributed by atoms with Crippen LogP contribution >= 0.6 is 0 Å². The Hall–Kier alpha value is -2.74. The van der Waals surface area contributed by atoms with Gasteiger partial charge in [0.05, 0.1) is 16.1 Å². The third-order valence-corrected chi connectivity index (χ3v) is 4.70. The molecular formula is C18H18FNO5S. The lowest BCUT2D eigenvalue weighted by atomic mass is 10.1. The number of amides is 1. The summed E-state index contributed by atoms with van der Waals surface area (Å²) >= 11 is 0. The number of ether oxygens (including phenoxy) is 1.